The number of rotatable bonds is 6. The number of alkyl halides is 3. The summed E-state index contributed by atoms with van der Waals surface area (Å²) in [6, 6.07) is 14.3. The molecule has 3 aromatic carbocycles. The highest BCUT2D eigenvalue weighted by Gasteiger charge is 2.34. The van der Waals surface area contributed by atoms with Crippen molar-refractivity contribution >= 4 is 28.3 Å². The predicted octanol–water partition coefficient (Wildman–Crippen LogP) is 5.83. The number of hydrogen-bond acceptors (Lipinski definition) is 4. The summed E-state index contributed by atoms with van der Waals surface area (Å²) in [6.07, 6.45) is -4.83. The summed E-state index contributed by atoms with van der Waals surface area (Å²) >= 11 is 0. The summed E-state index contributed by atoms with van der Waals surface area (Å²) in [5, 5.41) is 17.5. The molecular weight excluding hydrogens is 469 g/mol. The molecule has 0 radical (unpaired) electrons. The van der Waals surface area contributed by atoms with Gasteiger partial charge in [0.2, 0.25) is 0 Å². The molecule has 0 spiro atoms. The second-order valence-corrected chi connectivity index (χ2v) is 7.45. The largest absolute Gasteiger partial charge is 0.418 e. The molecular formula is C24H18F5N5O. The van der Waals surface area contributed by atoms with E-state index in [1.807, 2.05) is 24.3 Å². The molecule has 1 aromatic heterocycles. The Morgan fingerprint density at radius 1 is 0.829 bits per heavy atom. The standard InChI is InChI=1S/C24H18F5N5O/c25-15-7-5-14(6-8-15)21-17-3-1-2-4-18(17)22(34-33-21)30-11-12-31-23(35)32-20-10-9-16(26)13-19(20)24(27,28)29/h1-10,13H,11-12H2,(H,30,34)(H2,31,32,35). The zero-order valence-corrected chi connectivity index (χ0v) is 18.0. The summed E-state index contributed by atoms with van der Waals surface area (Å²) in [7, 11) is 0. The first-order valence-electron chi connectivity index (χ1n) is 10.4. The van der Waals surface area contributed by atoms with E-state index in [9.17, 15) is 26.7 Å². The third kappa shape index (κ3) is 5.62. The van der Waals surface area contributed by atoms with Crippen LogP contribution in [0.25, 0.3) is 22.0 Å². The normalized spacial score (nSPS) is 11.3. The molecule has 11 heteroatoms. The van der Waals surface area contributed by atoms with Gasteiger partial charge >= 0.3 is 12.2 Å². The average molecular weight is 487 g/mol. The van der Waals surface area contributed by atoms with Gasteiger partial charge in [-0.3, -0.25) is 0 Å². The number of halogens is 5. The number of hydrogen-bond donors (Lipinski definition) is 3. The van der Waals surface area contributed by atoms with Crippen molar-refractivity contribution in [2.75, 3.05) is 23.7 Å². The molecule has 0 fully saturated rings. The minimum Gasteiger partial charge on any atom is -0.366 e. The van der Waals surface area contributed by atoms with E-state index < -0.39 is 29.3 Å². The van der Waals surface area contributed by atoms with Crippen LogP contribution in [-0.4, -0.2) is 29.3 Å². The van der Waals surface area contributed by atoms with Crippen molar-refractivity contribution in [3.05, 3.63) is 83.9 Å². The number of carbonyl (C=O) groups is 1. The number of amides is 2. The number of carbonyl (C=O) groups excluding carboxylic acids is 1. The molecule has 1 heterocycles. The monoisotopic (exact) mass is 487 g/mol. The van der Waals surface area contributed by atoms with Crippen LogP contribution in [0.15, 0.2) is 66.7 Å². The summed E-state index contributed by atoms with van der Waals surface area (Å²) in [6.45, 7) is 0.238. The minimum absolute atomic E-state index is 0.0457. The van der Waals surface area contributed by atoms with Gasteiger partial charge in [0.25, 0.3) is 0 Å². The molecule has 4 aromatic rings. The molecule has 0 saturated carbocycles. The third-order valence-electron chi connectivity index (χ3n) is 5.04. The van der Waals surface area contributed by atoms with Crippen molar-refractivity contribution in [3.8, 4) is 11.3 Å². The van der Waals surface area contributed by atoms with E-state index in [1.165, 1.54) is 12.1 Å². The molecule has 0 aliphatic carbocycles. The van der Waals surface area contributed by atoms with Crippen molar-refractivity contribution in [2.24, 2.45) is 0 Å². The Morgan fingerprint density at radius 2 is 1.51 bits per heavy atom. The first kappa shape index (κ1) is 23.9. The van der Waals surface area contributed by atoms with E-state index in [0.717, 1.165) is 22.9 Å². The Kier molecular flexibility index (Phi) is 6.76. The lowest BCUT2D eigenvalue weighted by Crippen LogP contribution is -2.33. The minimum atomic E-state index is -4.83. The predicted molar refractivity (Wildman–Crippen MR) is 122 cm³/mol. The van der Waals surface area contributed by atoms with Crippen LogP contribution in [0.2, 0.25) is 0 Å². The van der Waals surface area contributed by atoms with E-state index in [-0.39, 0.29) is 18.9 Å². The van der Waals surface area contributed by atoms with Gasteiger partial charge in [0.15, 0.2) is 5.82 Å². The lowest BCUT2D eigenvalue weighted by Gasteiger charge is -2.15. The van der Waals surface area contributed by atoms with E-state index >= 15 is 0 Å². The second kappa shape index (κ2) is 9.92. The van der Waals surface area contributed by atoms with Gasteiger partial charge in [-0.1, -0.05) is 24.3 Å². The van der Waals surface area contributed by atoms with Gasteiger partial charge in [-0.05, 0) is 42.5 Å². The van der Waals surface area contributed by atoms with Crippen LogP contribution < -0.4 is 16.0 Å². The van der Waals surface area contributed by atoms with Gasteiger partial charge in [0, 0.05) is 29.4 Å². The van der Waals surface area contributed by atoms with Crippen LogP contribution in [0, 0.1) is 11.6 Å². The van der Waals surface area contributed by atoms with Crippen molar-refractivity contribution in [1.29, 1.82) is 0 Å². The van der Waals surface area contributed by atoms with Gasteiger partial charge in [-0.2, -0.15) is 13.2 Å². The van der Waals surface area contributed by atoms with Gasteiger partial charge < -0.3 is 16.0 Å². The van der Waals surface area contributed by atoms with Crippen molar-refractivity contribution in [3.63, 3.8) is 0 Å². The fourth-order valence-electron chi connectivity index (χ4n) is 3.44. The lowest BCUT2D eigenvalue weighted by molar-refractivity contribution is -0.137. The van der Waals surface area contributed by atoms with Crippen molar-refractivity contribution in [2.45, 2.75) is 6.18 Å². The average Bonchev–Trinajstić information content (AvgIpc) is 2.83. The maximum absolute atomic E-state index is 13.3. The maximum Gasteiger partial charge on any atom is 0.418 e. The number of benzene rings is 3. The van der Waals surface area contributed by atoms with Crippen LogP contribution in [0.4, 0.5) is 38.3 Å². The summed E-state index contributed by atoms with van der Waals surface area (Å²) in [5.74, 6) is -0.993. The topological polar surface area (TPSA) is 78.9 Å². The highest BCUT2D eigenvalue weighted by atomic mass is 19.4. The van der Waals surface area contributed by atoms with E-state index in [1.54, 1.807) is 12.1 Å². The molecule has 0 bridgehead atoms. The Morgan fingerprint density at radius 3 is 2.23 bits per heavy atom. The lowest BCUT2D eigenvalue weighted by atomic mass is 10.0. The summed E-state index contributed by atoms with van der Waals surface area (Å²) in [5.41, 5.74) is -0.575. The van der Waals surface area contributed by atoms with Crippen molar-refractivity contribution in [1.82, 2.24) is 15.5 Å². The number of urea groups is 1. The number of fused-ring (bicyclic) bond motifs is 1. The van der Waals surface area contributed by atoms with Crippen LogP contribution in [0.1, 0.15) is 5.56 Å². The van der Waals surface area contributed by atoms with Crippen LogP contribution in [0.5, 0.6) is 0 Å². The number of aromatic nitrogens is 2. The van der Waals surface area contributed by atoms with Gasteiger partial charge in [0.1, 0.15) is 17.3 Å². The zero-order valence-electron chi connectivity index (χ0n) is 18.0. The molecule has 0 unspecified atom stereocenters. The molecule has 6 nitrogen and oxygen atoms in total. The number of nitrogens with one attached hydrogen (secondary N) is 3. The Balaban J connectivity index is 1.40. The first-order valence-corrected chi connectivity index (χ1v) is 10.4. The van der Waals surface area contributed by atoms with E-state index in [2.05, 4.69) is 26.1 Å². The van der Waals surface area contributed by atoms with Crippen LogP contribution in [0.3, 0.4) is 0 Å². The molecule has 3 N–H and O–H groups in total. The summed E-state index contributed by atoms with van der Waals surface area (Å²) < 4.78 is 65.7. The zero-order chi connectivity index (χ0) is 25.0. The highest BCUT2D eigenvalue weighted by Crippen LogP contribution is 2.35. The smallest absolute Gasteiger partial charge is 0.366 e. The Bertz CT molecular complexity index is 1360. The highest BCUT2D eigenvalue weighted by molar-refractivity contribution is 6.00. The molecule has 180 valence electrons. The third-order valence-corrected chi connectivity index (χ3v) is 5.04. The molecule has 2 amide bonds. The molecule has 0 saturated heterocycles. The SMILES string of the molecule is O=C(NCCNc1nnc(-c2ccc(F)cc2)c2ccccc12)Nc1ccc(F)cc1C(F)(F)F. The quantitative estimate of drug-likeness (QED) is 0.236. The van der Waals surface area contributed by atoms with Crippen molar-refractivity contribution < 1.29 is 26.7 Å². The van der Waals surface area contributed by atoms with E-state index in [0.29, 0.717) is 23.1 Å². The maximum atomic E-state index is 13.3. The number of anilines is 2. The van der Waals surface area contributed by atoms with Gasteiger partial charge in [-0.15, -0.1) is 10.2 Å². The van der Waals surface area contributed by atoms with Crippen LogP contribution >= 0.6 is 0 Å². The van der Waals surface area contributed by atoms with Gasteiger partial charge in [0.05, 0.1) is 11.3 Å². The molecule has 0 atom stereocenters. The fraction of sp³-hybridized carbons (Fsp3) is 0.125. The summed E-state index contributed by atoms with van der Waals surface area (Å²) in [4.78, 5) is 12.1. The number of nitrogens with zero attached hydrogens (tertiary/aromatic N) is 2. The Hall–Kier alpha value is -4.28. The Labute approximate surface area is 196 Å². The van der Waals surface area contributed by atoms with E-state index in [4.69, 9.17) is 0 Å². The van der Waals surface area contributed by atoms with Crippen LogP contribution in [-0.2, 0) is 6.18 Å². The fourth-order valence-corrected chi connectivity index (χ4v) is 3.44. The van der Waals surface area contributed by atoms with Gasteiger partial charge in [-0.25, -0.2) is 13.6 Å². The molecule has 0 aliphatic rings. The molecule has 0 aliphatic heterocycles. The second-order valence-electron chi connectivity index (χ2n) is 7.45. The molecule has 35 heavy (non-hydrogen) atoms. The molecule has 4 rings (SSSR count). The first-order chi connectivity index (χ1) is 16.7.